The Hall–Kier alpha value is -6.84. The molecule has 0 saturated heterocycles. The van der Waals surface area contributed by atoms with E-state index in [1.165, 1.54) is 92.6 Å². The van der Waals surface area contributed by atoms with Crippen LogP contribution < -0.4 is 0 Å². The molecule has 0 bridgehead atoms. The van der Waals surface area contributed by atoms with E-state index in [9.17, 15) is 0 Å². The molecule has 3 aromatic heterocycles. The molecule has 0 amide bonds. The van der Waals surface area contributed by atoms with E-state index in [2.05, 4.69) is 190 Å². The first-order chi connectivity index (χ1) is 25.3. The molecule has 0 atom stereocenters. The van der Waals surface area contributed by atoms with E-state index in [0.29, 0.717) is 0 Å². The highest BCUT2D eigenvalue weighted by atomic mass is 15.0. The maximum atomic E-state index is 2.48. The van der Waals surface area contributed by atoms with E-state index in [0.717, 1.165) is 11.4 Å². The number of benzene rings is 8. The lowest BCUT2D eigenvalue weighted by Crippen LogP contribution is -1.97. The normalized spacial score (nSPS) is 12.3. The molecule has 0 spiro atoms. The first-order valence-electron chi connectivity index (χ1n) is 17.6. The molecule has 236 valence electrons. The zero-order valence-electron chi connectivity index (χ0n) is 27.6. The quantitative estimate of drug-likeness (QED) is 0.181. The van der Waals surface area contributed by atoms with Gasteiger partial charge in [0.15, 0.2) is 0 Å². The molecule has 3 heteroatoms. The average Bonchev–Trinajstić information content (AvgIpc) is 3.83. The Bertz CT molecular complexity index is 3280. The van der Waals surface area contributed by atoms with Gasteiger partial charge in [-0.25, -0.2) is 0 Å². The molecule has 0 radical (unpaired) electrons. The summed E-state index contributed by atoms with van der Waals surface area (Å²) in [5.41, 5.74) is 10.8. The van der Waals surface area contributed by atoms with Crippen LogP contribution in [-0.2, 0) is 0 Å². The smallest absolute Gasteiger partial charge is 0.0549 e. The monoisotopic (exact) mass is 647 g/mol. The van der Waals surface area contributed by atoms with Crippen LogP contribution in [0.25, 0.3) is 104 Å². The van der Waals surface area contributed by atoms with Crippen LogP contribution in [-0.4, -0.2) is 13.7 Å². The van der Waals surface area contributed by atoms with E-state index in [-0.39, 0.29) is 0 Å². The van der Waals surface area contributed by atoms with Crippen molar-refractivity contribution in [2.45, 2.75) is 0 Å². The van der Waals surface area contributed by atoms with E-state index in [4.69, 9.17) is 0 Å². The summed E-state index contributed by atoms with van der Waals surface area (Å²) in [7, 11) is 0. The standard InChI is InChI=1S/C48H29N3/c1-2-12-30(13-3-1)50-41-22-10-18-37-33-14-4-5-15-34(33)38-19-11-23-42-46(38)48-44(29-28-43(50)47(48)45(37)41)51(42)32-26-24-31(25-27-32)49-39-20-8-6-16-35(39)36-17-7-9-21-40(36)49/h1-29H. The molecular formula is C48H29N3. The number of hydrogen-bond donors (Lipinski definition) is 0. The second-order valence-corrected chi connectivity index (χ2v) is 13.7. The van der Waals surface area contributed by atoms with Crippen LogP contribution in [0.1, 0.15) is 0 Å². The van der Waals surface area contributed by atoms with Crippen molar-refractivity contribution in [1.82, 2.24) is 13.7 Å². The molecule has 12 rings (SSSR count). The van der Waals surface area contributed by atoms with Crippen molar-refractivity contribution in [2.75, 3.05) is 0 Å². The van der Waals surface area contributed by atoms with Crippen LogP contribution in [0.15, 0.2) is 176 Å². The van der Waals surface area contributed by atoms with Crippen molar-refractivity contribution < 1.29 is 0 Å². The van der Waals surface area contributed by atoms with E-state index in [1.807, 2.05) is 0 Å². The Morgan fingerprint density at radius 2 is 0.529 bits per heavy atom. The van der Waals surface area contributed by atoms with Crippen molar-refractivity contribution in [1.29, 1.82) is 0 Å². The number of aromatic nitrogens is 3. The topological polar surface area (TPSA) is 14.8 Å². The van der Waals surface area contributed by atoms with Crippen molar-refractivity contribution in [3.63, 3.8) is 0 Å². The lowest BCUT2D eigenvalue weighted by molar-refractivity contribution is 1.14. The summed E-state index contributed by atoms with van der Waals surface area (Å²) in [6, 6.07) is 64.7. The van der Waals surface area contributed by atoms with Gasteiger partial charge in [0, 0.05) is 49.4 Å². The van der Waals surface area contributed by atoms with Crippen LogP contribution in [0.5, 0.6) is 0 Å². The third-order valence-electron chi connectivity index (χ3n) is 11.2. The molecule has 51 heavy (non-hydrogen) atoms. The summed E-state index contributed by atoms with van der Waals surface area (Å²) < 4.78 is 7.32. The van der Waals surface area contributed by atoms with Gasteiger partial charge in [-0.2, -0.15) is 0 Å². The largest absolute Gasteiger partial charge is 0.309 e. The van der Waals surface area contributed by atoms with Gasteiger partial charge >= 0.3 is 0 Å². The van der Waals surface area contributed by atoms with Crippen molar-refractivity contribution in [3.05, 3.63) is 176 Å². The van der Waals surface area contributed by atoms with Gasteiger partial charge in [-0.3, -0.25) is 0 Å². The zero-order chi connectivity index (χ0) is 33.2. The highest BCUT2D eigenvalue weighted by molar-refractivity contribution is 6.39. The number of hydrogen-bond acceptors (Lipinski definition) is 0. The number of fused-ring (bicyclic) bond motifs is 6. The molecule has 9 aromatic carbocycles. The molecule has 3 nitrogen and oxygen atoms in total. The fourth-order valence-electron chi connectivity index (χ4n) is 9.18. The van der Waals surface area contributed by atoms with E-state index >= 15 is 0 Å². The fraction of sp³-hybridized carbons (Fsp3) is 0. The first kappa shape index (κ1) is 27.0. The summed E-state index contributed by atoms with van der Waals surface area (Å²) in [4.78, 5) is 0. The van der Waals surface area contributed by atoms with Gasteiger partial charge in [0.25, 0.3) is 0 Å². The van der Waals surface area contributed by atoms with Gasteiger partial charge in [-0.15, -0.1) is 0 Å². The maximum Gasteiger partial charge on any atom is 0.0549 e. The fourth-order valence-corrected chi connectivity index (χ4v) is 9.18. The Morgan fingerprint density at radius 1 is 0.196 bits per heavy atom. The third-order valence-corrected chi connectivity index (χ3v) is 11.2. The average molecular weight is 648 g/mol. The lowest BCUT2D eigenvalue weighted by atomic mass is 9.95. The SMILES string of the molecule is c1ccc(-n2c3cccc4c5ccccc5c5cccc6c5c5c(c43)c2ccc5n6-c2ccc(-n3c4ccccc4c4ccccc43)cc2)cc1. The summed E-state index contributed by atoms with van der Waals surface area (Å²) in [5.74, 6) is 0. The van der Waals surface area contributed by atoms with Gasteiger partial charge < -0.3 is 13.7 Å². The molecular weight excluding hydrogens is 619 g/mol. The number of nitrogens with zero attached hydrogens (tertiary/aromatic N) is 3. The van der Waals surface area contributed by atoms with Crippen molar-refractivity contribution >= 4 is 87.0 Å². The van der Waals surface area contributed by atoms with Gasteiger partial charge in [0.1, 0.15) is 0 Å². The van der Waals surface area contributed by atoms with Gasteiger partial charge in [-0.1, -0.05) is 103 Å². The molecule has 0 saturated carbocycles. The van der Waals surface area contributed by atoms with E-state index in [1.54, 1.807) is 0 Å². The second kappa shape index (κ2) is 9.87. The van der Waals surface area contributed by atoms with Gasteiger partial charge in [0.2, 0.25) is 0 Å². The minimum absolute atomic E-state index is 1.15. The van der Waals surface area contributed by atoms with Gasteiger partial charge in [-0.05, 0) is 94.3 Å². The van der Waals surface area contributed by atoms with Gasteiger partial charge in [0.05, 0.1) is 33.1 Å². The van der Waals surface area contributed by atoms with Crippen LogP contribution in [0, 0.1) is 0 Å². The molecule has 0 unspecified atom stereocenters. The van der Waals surface area contributed by atoms with Crippen molar-refractivity contribution in [3.8, 4) is 17.1 Å². The van der Waals surface area contributed by atoms with E-state index < -0.39 is 0 Å². The Morgan fingerprint density at radius 3 is 1.02 bits per heavy atom. The molecule has 0 aliphatic heterocycles. The minimum atomic E-state index is 1.15. The third kappa shape index (κ3) is 3.47. The molecule has 0 aliphatic carbocycles. The molecule has 0 fully saturated rings. The molecule has 0 aliphatic rings. The van der Waals surface area contributed by atoms with Crippen LogP contribution in [0.2, 0.25) is 0 Å². The second-order valence-electron chi connectivity index (χ2n) is 13.7. The van der Waals surface area contributed by atoms with Crippen LogP contribution in [0.4, 0.5) is 0 Å². The Kier molecular flexibility index (Phi) is 5.23. The Balaban J connectivity index is 1.22. The predicted octanol–water partition coefficient (Wildman–Crippen LogP) is 12.7. The minimum Gasteiger partial charge on any atom is -0.309 e. The zero-order valence-corrected chi connectivity index (χ0v) is 27.6. The summed E-state index contributed by atoms with van der Waals surface area (Å²) in [5, 5.41) is 12.9. The highest BCUT2D eigenvalue weighted by Gasteiger charge is 2.24. The van der Waals surface area contributed by atoms with Crippen molar-refractivity contribution in [2.24, 2.45) is 0 Å². The Labute approximate surface area is 292 Å². The maximum absolute atomic E-state index is 2.48. The highest BCUT2D eigenvalue weighted by Crippen LogP contribution is 2.47. The summed E-state index contributed by atoms with van der Waals surface area (Å²) >= 11 is 0. The van der Waals surface area contributed by atoms with Crippen LogP contribution >= 0.6 is 0 Å². The summed E-state index contributed by atoms with van der Waals surface area (Å²) in [6.45, 7) is 0. The molecule has 12 aromatic rings. The number of para-hydroxylation sites is 3. The predicted molar refractivity (Wildman–Crippen MR) is 216 cm³/mol. The van der Waals surface area contributed by atoms with Crippen LogP contribution in [0.3, 0.4) is 0 Å². The first-order valence-corrected chi connectivity index (χ1v) is 17.6. The molecule has 3 heterocycles. The number of rotatable bonds is 3. The lowest BCUT2D eigenvalue weighted by Gasteiger charge is -2.12. The molecule has 0 N–H and O–H groups in total. The summed E-state index contributed by atoms with van der Waals surface area (Å²) in [6.07, 6.45) is 0.